The van der Waals surface area contributed by atoms with Crippen LogP contribution >= 0.6 is 11.3 Å². The average molecular weight is 159 g/mol. The van der Waals surface area contributed by atoms with E-state index in [1.54, 1.807) is 11.3 Å². The molecule has 0 unspecified atom stereocenters. The van der Waals surface area contributed by atoms with Gasteiger partial charge in [0.2, 0.25) is 0 Å². The Bertz CT molecular complexity index is 162. The van der Waals surface area contributed by atoms with Crippen molar-refractivity contribution in [1.29, 1.82) is 0 Å². The van der Waals surface area contributed by atoms with Crippen LogP contribution in [-0.4, -0.2) is 13.2 Å². The van der Waals surface area contributed by atoms with E-state index in [9.17, 15) is 4.39 Å². The zero-order valence-electron chi connectivity index (χ0n) is 5.64. The molecule has 0 saturated heterocycles. The van der Waals surface area contributed by atoms with E-state index in [-0.39, 0.29) is 6.67 Å². The molecule has 0 saturated carbocycles. The van der Waals surface area contributed by atoms with Gasteiger partial charge in [-0.1, -0.05) is 6.07 Å². The summed E-state index contributed by atoms with van der Waals surface area (Å²) in [6, 6.07) is 4.03. The summed E-state index contributed by atoms with van der Waals surface area (Å²) in [5.74, 6) is 0. The molecule has 0 radical (unpaired) electrons. The molecule has 1 N–H and O–H groups in total. The van der Waals surface area contributed by atoms with Crippen LogP contribution in [0.4, 0.5) is 4.39 Å². The summed E-state index contributed by atoms with van der Waals surface area (Å²) >= 11 is 1.69. The van der Waals surface area contributed by atoms with E-state index in [0.29, 0.717) is 6.54 Å². The average Bonchev–Trinajstić information content (AvgIpc) is 2.41. The van der Waals surface area contributed by atoms with Crippen molar-refractivity contribution in [2.24, 2.45) is 0 Å². The Morgan fingerprint density at radius 3 is 3.10 bits per heavy atom. The second-order valence-corrected chi connectivity index (χ2v) is 2.98. The number of rotatable bonds is 4. The third-order valence-corrected chi connectivity index (χ3v) is 2.03. The van der Waals surface area contributed by atoms with Crippen LogP contribution < -0.4 is 5.32 Å². The van der Waals surface area contributed by atoms with E-state index in [4.69, 9.17) is 0 Å². The highest BCUT2D eigenvalue weighted by atomic mass is 32.1. The maximum Gasteiger partial charge on any atom is 0.102 e. The van der Waals surface area contributed by atoms with Crippen LogP contribution in [0.25, 0.3) is 0 Å². The number of alkyl halides is 1. The Morgan fingerprint density at radius 2 is 2.50 bits per heavy atom. The molecule has 1 aromatic heterocycles. The minimum Gasteiger partial charge on any atom is -0.309 e. The van der Waals surface area contributed by atoms with Crippen molar-refractivity contribution < 1.29 is 4.39 Å². The van der Waals surface area contributed by atoms with Gasteiger partial charge in [-0.3, -0.25) is 0 Å². The fourth-order valence-corrected chi connectivity index (χ4v) is 1.37. The Morgan fingerprint density at radius 1 is 1.60 bits per heavy atom. The minimum absolute atomic E-state index is 0.286. The van der Waals surface area contributed by atoms with Gasteiger partial charge < -0.3 is 5.32 Å². The Balaban J connectivity index is 2.15. The van der Waals surface area contributed by atoms with Gasteiger partial charge >= 0.3 is 0 Å². The third-order valence-electron chi connectivity index (χ3n) is 1.15. The lowest BCUT2D eigenvalue weighted by molar-refractivity contribution is 0.467. The monoisotopic (exact) mass is 159 g/mol. The summed E-state index contributed by atoms with van der Waals surface area (Å²) < 4.78 is 11.6. The maximum absolute atomic E-state index is 11.6. The molecular formula is C7H10FNS. The predicted octanol–water partition coefficient (Wildman–Crippen LogP) is 1.81. The first-order chi connectivity index (χ1) is 4.93. The Kier molecular flexibility index (Phi) is 3.40. The fourth-order valence-electron chi connectivity index (χ4n) is 0.692. The largest absolute Gasteiger partial charge is 0.309 e. The van der Waals surface area contributed by atoms with Gasteiger partial charge in [0.15, 0.2) is 0 Å². The van der Waals surface area contributed by atoms with Gasteiger partial charge in [-0.15, -0.1) is 11.3 Å². The van der Waals surface area contributed by atoms with Crippen molar-refractivity contribution >= 4 is 11.3 Å². The second-order valence-electron chi connectivity index (χ2n) is 1.95. The van der Waals surface area contributed by atoms with Crippen LogP contribution in [0.2, 0.25) is 0 Å². The van der Waals surface area contributed by atoms with Crippen molar-refractivity contribution in [3.8, 4) is 0 Å². The first-order valence-corrected chi connectivity index (χ1v) is 4.10. The number of thiophene rings is 1. The smallest absolute Gasteiger partial charge is 0.102 e. The van der Waals surface area contributed by atoms with E-state index in [1.807, 2.05) is 17.5 Å². The molecule has 56 valence electrons. The van der Waals surface area contributed by atoms with Crippen LogP contribution in [0.1, 0.15) is 4.88 Å². The molecule has 0 aliphatic heterocycles. The summed E-state index contributed by atoms with van der Waals surface area (Å²) in [5.41, 5.74) is 0. The van der Waals surface area contributed by atoms with Crippen molar-refractivity contribution in [2.75, 3.05) is 13.2 Å². The van der Waals surface area contributed by atoms with E-state index < -0.39 is 0 Å². The van der Waals surface area contributed by atoms with Gasteiger partial charge in [-0.05, 0) is 11.4 Å². The maximum atomic E-state index is 11.6. The molecule has 0 atom stereocenters. The molecule has 0 fully saturated rings. The Labute approximate surface area is 63.9 Å². The van der Waals surface area contributed by atoms with Gasteiger partial charge in [-0.25, -0.2) is 4.39 Å². The molecule has 0 aliphatic rings. The highest BCUT2D eigenvalue weighted by molar-refractivity contribution is 7.09. The fraction of sp³-hybridized carbons (Fsp3) is 0.429. The second kappa shape index (κ2) is 4.41. The van der Waals surface area contributed by atoms with E-state index in [0.717, 1.165) is 6.54 Å². The third kappa shape index (κ3) is 2.45. The van der Waals surface area contributed by atoms with Crippen molar-refractivity contribution in [1.82, 2.24) is 5.32 Å². The molecule has 0 spiro atoms. The SMILES string of the molecule is FCCNCc1cccs1. The lowest BCUT2D eigenvalue weighted by Gasteiger charge is -1.96. The van der Waals surface area contributed by atoms with Gasteiger partial charge in [-0.2, -0.15) is 0 Å². The minimum atomic E-state index is -0.286. The summed E-state index contributed by atoms with van der Waals surface area (Å²) in [6.45, 7) is 0.963. The number of halogens is 1. The van der Waals surface area contributed by atoms with Crippen LogP contribution in [0.5, 0.6) is 0 Å². The van der Waals surface area contributed by atoms with Crippen LogP contribution in [-0.2, 0) is 6.54 Å². The first kappa shape index (κ1) is 7.69. The van der Waals surface area contributed by atoms with Gasteiger partial charge in [0, 0.05) is 18.0 Å². The molecule has 1 heterocycles. The Hall–Kier alpha value is -0.410. The summed E-state index contributed by atoms with van der Waals surface area (Å²) in [4.78, 5) is 1.26. The van der Waals surface area contributed by atoms with Gasteiger partial charge in [0.1, 0.15) is 6.67 Å². The van der Waals surface area contributed by atoms with E-state index in [1.165, 1.54) is 4.88 Å². The van der Waals surface area contributed by atoms with Crippen molar-refractivity contribution in [3.05, 3.63) is 22.4 Å². The molecule has 1 rings (SSSR count). The first-order valence-electron chi connectivity index (χ1n) is 3.22. The standard InChI is InChI=1S/C7H10FNS/c8-3-4-9-6-7-2-1-5-10-7/h1-2,5,9H,3-4,6H2. The molecule has 1 aromatic rings. The number of hydrogen-bond donors (Lipinski definition) is 1. The lowest BCUT2D eigenvalue weighted by Crippen LogP contribution is -2.14. The summed E-state index contributed by atoms with van der Waals surface area (Å²) in [5, 5.41) is 4.99. The zero-order chi connectivity index (χ0) is 7.23. The molecule has 0 bridgehead atoms. The highest BCUT2D eigenvalue weighted by Crippen LogP contribution is 2.06. The number of hydrogen-bond acceptors (Lipinski definition) is 2. The van der Waals surface area contributed by atoms with Gasteiger partial charge in [0.25, 0.3) is 0 Å². The molecule has 10 heavy (non-hydrogen) atoms. The zero-order valence-corrected chi connectivity index (χ0v) is 6.46. The molecule has 3 heteroatoms. The van der Waals surface area contributed by atoms with Crippen LogP contribution in [0, 0.1) is 0 Å². The van der Waals surface area contributed by atoms with E-state index >= 15 is 0 Å². The van der Waals surface area contributed by atoms with Crippen LogP contribution in [0.15, 0.2) is 17.5 Å². The quantitative estimate of drug-likeness (QED) is 0.661. The topological polar surface area (TPSA) is 12.0 Å². The van der Waals surface area contributed by atoms with Crippen LogP contribution in [0.3, 0.4) is 0 Å². The van der Waals surface area contributed by atoms with E-state index in [2.05, 4.69) is 5.32 Å². The normalized spacial score (nSPS) is 10.1. The number of nitrogens with one attached hydrogen (secondary N) is 1. The van der Waals surface area contributed by atoms with Gasteiger partial charge in [0.05, 0.1) is 0 Å². The van der Waals surface area contributed by atoms with Crippen molar-refractivity contribution in [3.63, 3.8) is 0 Å². The summed E-state index contributed by atoms with van der Waals surface area (Å²) in [7, 11) is 0. The molecular weight excluding hydrogens is 149 g/mol. The molecule has 0 aliphatic carbocycles. The highest BCUT2D eigenvalue weighted by Gasteiger charge is 1.90. The van der Waals surface area contributed by atoms with Crippen molar-refractivity contribution in [2.45, 2.75) is 6.54 Å². The molecule has 0 aromatic carbocycles. The molecule has 1 nitrogen and oxygen atoms in total. The predicted molar refractivity (Wildman–Crippen MR) is 42.0 cm³/mol. The lowest BCUT2D eigenvalue weighted by atomic mass is 10.4. The summed E-state index contributed by atoms with van der Waals surface area (Å²) in [6.07, 6.45) is 0. The molecule has 0 amide bonds.